The highest BCUT2D eigenvalue weighted by molar-refractivity contribution is 6.01. The first-order valence-electron chi connectivity index (χ1n) is 14.8. The van der Waals surface area contributed by atoms with Crippen molar-refractivity contribution in [2.75, 3.05) is 0 Å². The first-order valence-corrected chi connectivity index (χ1v) is 14.8. The molecule has 5 rings (SSSR count). The van der Waals surface area contributed by atoms with Crippen LogP contribution in [-0.4, -0.2) is 51.6 Å². The van der Waals surface area contributed by atoms with E-state index in [4.69, 9.17) is 9.47 Å². The lowest BCUT2D eigenvalue weighted by molar-refractivity contribution is -0.231. The Balaban J connectivity index is 1.49. The van der Waals surface area contributed by atoms with Gasteiger partial charge < -0.3 is 19.7 Å². The highest BCUT2D eigenvalue weighted by atomic mass is 19.1. The summed E-state index contributed by atoms with van der Waals surface area (Å²) in [6, 6.07) is 0. The van der Waals surface area contributed by atoms with E-state index in [0.717, 1.165) is 44.9 Å². The first kappa shape index (κ1) is 28.3. The number of hydrogen-bond donors (Lipinski definition) is 2. The van der Waals surface area contributed by atoms with Crippen molar-refractivity contribution in [1.29, 1.82) is 0 Å². The molecule has 216 valence electrons. The largest absolute Gasteiger partial charge is 0.509 e. The van der Waals surface area contributed by atoms with E-state index in [1.54, 1.807) is 26.8 Å². The second kappa shape index (κ2) is 9.71. The molecule has 7 nitrogen and oxygen atoms in total. The molecule has 0 spiro atoms. The minimum atomic E-state index is -2.10. The van der Waals surface area contributed by atoms with Gasteiger partial charge in [0, 0.05) is 22.7 Å². The summed E-state index contributed by atoms with van der Waals surface area (Å²) >= 11 is 0. The van der Waals surface area contributed by atoms with Crippen molar-refractivity contribution in [3.8, 4) is 0 Å². The normalized spacial score (nSPS) is 46.2. The predicted octanol–water partition coefficient (Wildman–Crippen LogP) is 5.94. The van der Waals surface area contributed by atoms with E-state index in [0.29, 0.717) is 18.4 Å². The molecule has 0 heterocycles. The molecule has 0 aromatic heterocycles. The summed E-state index contributed by atoms with van der Waals surface area (Å²) < 4.78 is 29.1. The minimum absolute atomic E-state index is 0.132. The molecule has 0 aliphatic heterocycles. The summed E-state index contributed by atoms with van der Waals surface area (Å²) in [6.07, 6.45) is 8.79. The van der Waals surface area contributed by atoms with E-state index in [1.807, 2.05) is 6.92 Å². The topological polar surface area (TPSA) is 110 Å². The maximum Gasteiger partial charge on any atom is 0.509 e. The number of carbonyl (C=O) groups excluding carboxylic acids is 2. The number of carbonyl (C=O) groups is 3. The van der Waals surface area contributed by atoms with Gasteiger partial charge in [0.2, 0.25) is 5.60 Å². The van der Waals surface area contributed by atoms with E-state index in [1.165, 1.54) is 12.2 Å². The number of ether oxygens (including phenoxy) is 2. The quantitative estimate of drug-likeness (QED) is 0.422. The van der Waals surface area contributed by atoms with Crippen LogP contribution in [0.5, 0.6) is 0 Å². The van der Waals surface area contributed by atoms with Gasteiger partial charge in [-0.1, -0.05) is 51.7 Å². The van der Waals surface area contributed by atoms with Crippen molar-refractivity contribution in [2.45, 2.75) is 115 Å². The second-order valence-corrected chi connectivity index (χ2v) is 13.4. The lowest BCUT2D eigenvalue weighted by Gasteiger charge is -2.63. The summed E-state index contributed by atoms with van der Waals surface area (Å²) in [4.78, 5) is 38.5. The van der Waals surface area contributed by atoms with Gasteiger partial charge in [-0.05, 0) is 75.9 Å². The summed E-state index contributed by atoms with van der Waals surface area (Å²) in [5.41, 5.74) is -5.80. The maximum atomic E-state index is 17.5. The number of carboxylic acids is 1. The molecule has 5 aliphatic rings. The fourth-order valence-electron chi connectivity index (χ4n) is 9.46. The lowest BCUT2D eigenvalue weighted by atomic mass is 9.43. The molecule has 0 aromatic rings. The van der Waals surface area contributed by atoms with Crippen LogP contribution in [0.25, 0.3) is 0 Å². The Morgan fingerprint density at radius 2 is 1.67 bits per heavy atom. The van der Waals surface area contributed by atoms with Crippen LogP contribution in [0.15, 0.2) is 23.8 Å². The van der Waals surface area contributed by atoms with E-state index in [-0.39, 0.29) is 24.2 Å². The number of fused-ring (bicyclic) bond motifs is 5. The Morgan fingerprint density at radius 3 is 2.31 bits per heavy atom. The highest BCUT2D eigenvalue weighted by Crippen LogP contribution is 2.72. The second-order valence-electron chi connectivity index (χ2n) is 13.4. The zero-order valence-electron chi connectivity index (χ0n) is 23.6. The van der Waals surface area contributed by atoms with Crippen molar-refractivity contribution >= 4 is 17.9 Å². The molecule has 0 amide bonds. The number of rotatable bonds is 3. The molecule has 4 fully saturated rings. The van der Waals surface area contributed by atoms with Crippen LogP contribution in [0, 0.1) is 34.5 Å². The molecule has 2 N–H and O–H groups in total. The number of alkyl halides is 1. The monoisotopic (exact) mass is 546 g/mol. The molecule has 0 aromatic carbocycles. The van der Waals surface area contributed by atoms with Gasteiger partial charge in [0.25, 0.3) is 0 Å². The Kier molecular flexibility index (Phi) is 7.05. The third kappa shape index (κ3) is 3.94. The number of aliphatic hydroxyl groups excluding tert-OH is 1. The summed E-state index contributed by atoms with van der Waals surface area (Å²) in [7, 11) is 0. The summed E-state index contributed by atoms with van der Waals surface area (Å²) in [5.74, 6) is -3.37. The van der Waals surface area contributed by atoms with Gasteiger partial charge in [-0.15, -0.1) is 0 Å². The first-order chi connectivity index (χ1) is 18.3. The number of allylic oxidation sites excluding steroid dienone is 4. The maximum absolute atomic E-state index is 17.5. The molecular weight excluding hydrogens is 503 g/mol. The van der Waals surface area contributed by atoms with Crippen LogP contribution in [0.4, 0.5) is 9.18 Å². The number of aliphatic carboxylic acids is 1. The smallest absolute Gasteiger partial charge is 0.478 e. The Bertz CT molecular complexity index is 1090. The van der Waals surface area contributed by atoms with Crippen LogP contribution in [0.1, 0.15) is 91.9 Å². The number of hydrogen-bond acceptors (Lipinski definition) is 6. The molecule has 8 heteroatoms. The summed E-state index contributed by atoms with van der Waals surface area (Å²) in [5, 5.41) is 22.3. The number of ketones is 1. The van der Waals surface area contributed by atoms with Crippen LogP contribution < -0.4 is 0 Å². The van der Waals surface area contributed by atoms with E-state index < -0.39 is 58.1 Å². The number of halogens is 1. The van der Waals surface area contributed by atoms with Gasteiger partial charge in [-0.3, -0.25) is 4.79 Å². The molecule has 5 aliphatic carbocycles. The highest BCUT2D eigenvalue weighted by Gasteiger charge is 2.78. The molecule has 4 saturated carbocycles. The number of aliphatic hydroxyl groups is 1. The van der Waals surface area contributed by atoms with E-state index >= 15 is 4.39 Å². The SMILES string of the molecule is C[C@@H]1C[C@H]2[C@@H]3C[C@H](C)C4=CC(=O)C=C[C@]4(C)[C@@]3(F)[C@@H](O)C[C@]2(C)[C@@]1(OC(=O)OC1CCCCCCC1)C(=O)O. The molecule has 0 saturated heterocycles. The Hall–Kier alpha value is -2.22. The van der Waals surface area contributed by atoms with Crippen LogP contribution in [0.3, 0.4) is 0 Å². The Morgan fingerprint density at radius 1 is 1.03 bits per heavy atom. The average Bonchev–Trinajstić information content (AvgIpc) is 3.06. The van der Waals surface area contributed by atoms with Crippen molar-refractivity contribution < 1.29 is 38.5 Å². The fourth-order valence-corrected chi connectivity index (χ4v) is 9.46. The lowest BCUT2D eigenvalue weighted by Crippen LogP contribution is -2.70. The van der Waals surface area contributed by atoms with Crippen molar-refractivity contribution in [3.05, 3.63) is 23.8 Å². The molecule has 39 heavy (non-hydrogen) atoms. The predicted molar refractivity (Wildman–Crippen MR) is 141 cm³/mol. The van der Waals surface area contributed by atoms with E-state index in [9.17, 15) is 24.6 Å². The molecule has 0 bridgehead atoms. The molecule has 9 atom stereocenters. The van der Waals surface area contributed by atoms with Gasteiger partial charge in [-0.25, -0.2) is 14.0 Å². The fraction of sp³-hybridized carbons (Fsp3) is 0.774. The standard InChI is InChI=1S/C31H43FO7/c1-18-14-24-23-15-19(2)31(26(35)36,39-27(37)38-21-10-8-6-5-7-9-11-21)29(23,4)17-25(34)30(24,32)28(3)13-12-20(33)16-22(18)28/h12-13,16,18-19,21,23-25,34H,5-11,14-15,17H2,1-4H3,(H,35,36)/t18-,19+,23-,24-,25-,28-,29-,30-,31-/m0/s1. The molecular formula is C31H43FO7. The Labute approximate surface area is 230 Å². The van der Waals surface area contributed by atoms with Crippen LogP contribution in [0.2, 0.25) is 0 Å². The van der Waals surface area contributed by atoms with Gasteiger partial charge in [0.05, 0.1) is 6.10 Å². The molecule has 0 unspecified atom stereocenters. The van der Waals surface area contributed by atoms with Gasteiger partial charge >= 0.3 is 12.1 Å². The summed E-state index contributed by atoms with van der Waals surface area (Å²) in [6.45, 7) is 7.17. The third-order valence-electron chi connectivity index (χ3n) is 11.4. The van der Waals surface area contributed by atoms with Gasteiger partial charge in [0.15, 0.2) is 11.5 Å². The van der Waals surface area contributed by atoms with E-state index in [2.05, 4.69) is 0 Å². The average molecular weight is 547 g/mol. The minimum Gasteiger partial charge on any atom is -0.478 e. The zero-order valence-corrected chi connectivity index (χ0v) is 23.6. The molecule has 0 radical (unpaired) electrons. The zero-order chi connectivity index (χ0) is 28.4. The third-order valence-corrected chi connectivity index (χ3v) is 11.4. The van der Waals surface area contributed by atoms with Crippen molar-refractivity contribution in [3.63, 3.8) is 0 Å². The van der Waals surface area contributed by atoms with Crippen molar-refractivity contribution in [1.82, 2.24) is 0 Å². The number of carboxylic acid groups (broad SMARTS) is 1. The van der Waals surface area contributed by atoms with Crippen molar-refractivity contribution in [2.24, 2.45) is 34.5 Å². The van der Waals surface area contributed by atoms with Crippen LogP contribution >= 0.6 is 0 Å². The van der Waals surface area contributed by atoms with Gasteiger partial charge in [0.1, 0.15) is 6.10 Å². The van der Waals surface area contributed by atoms with Crippen LogP contribution in [-0.2, 0) is 19.1 Å². The van der Waals surface area contributed by atoms with Gasteiger partial charge in [-0.2, -0.15) is 0 Å².